The van der Waals surface area contributed by atoms with Gasteiger partial charge in [-0.2, -0.15) is 0 Å². The lowest BCUT2D eigenvalue weighted by Crippen LogP contribution is -2.16. The molecule has 0 spiro atoms. The highest BCUT2D eigenvalue weighted by Gasteiger charge is 2.14. The van der Waals surface area contributed by atoms with Crippen molar-refractivity contribution in [3.8, 4) is 5.75 Å². The van der Waals surface area contributed by atoms with Crippen LogP contribution < -0.4 is 4.74 Å². The van der Waals surface area contributed by atoms with Crippen LogP contribution in [0.1, 0.15) is 19.4 Å². The Morgan fingerprint density at radius 1 is 1.35 bits per heavy atom. The first-order valence-corrected chi connectivity index (χ1v) is 8.09. The van der Waals surface area contributed by atoms with Crippen molar-refractivity contribution in [1.29, 1.82) is 0 Å². The van der Waals surface area contributed by atoms with Crippen molar-refractivity contribution in [2.75, 3.05) is 26.0 Å². The van der Waals surface area contributed by atoms with E-state index in [0.29, 0.717) is 0 Å². The maximum atomic E-state index is 5.18. The van der Waals surface area contributed by atoms with E-state index in [1.54, 1.807) is 7.11 Å². The topological polar surface area (TPSA) is 12.5 Å². The molecule has 2 nitrogen and oxygen atoms in total. The molecule has 0 amide bonds. The molecule has 0 bridgehead atoms. The summed E-state index contributed by atoms with van der Waals surface area (Å²) >= 11 is 1.95. The minimum atomic E-state index is 0.915. The van der Waals surface area contributed by atoms with Gasteiger partial charge in [-0.3, -0.25) is 0 Å². The summed E-state index contributed by atoms with van der Waals surface area (Å²) in [4.78, 5) is 2.43. The molecule has 108 valence electrons. The smallest absolute Gasteiger partial charge is 0.118 e. The van der Waals surface area contributed by atoms with Crippen molar-refractivity contribution < 1.29 is 4.74 Å². The molecule has 0 aliphatic carbocycles. The number of allylic oxidation sites excluding steroid dienone is 3. The molecule has 0 saturated carbocycles. The van der Waals surface area contributed by atoms with Crippen LogP contribution >= 0.6 is 11.8 Å². The van der Waals surface area contributed by atoms with Crippen LogP contribution in [0.3, 0.4) is 0 Å². The van der Waals surface area contributed by atoms with Gasteiger partial charge in [-0.1, -0.05) is 23.8 Å². The maximum absolute atomic E-state index is 5.18. The summed E-state index contributed by atoms with van der Waals surface area (Å²) in [6, 6.07) is 8.30. The largest absolute Gasteiger partial charge is 0.497 e. The number of nitrogens with zero attached hydrogens (tertiary/aromatic N) is 1. The van der Waals surface area contributed by atoms with Crippen molar-refractivity contribution in [3.63, 3.8) is 0 Å². The van der Waals surface area contributed by atoms with Gasteiger partial charge in [0.15, 0.2) is 0 Å². The van der Waals surface area contributed by atoms with Crippen molar-refractivity contribution in [1.82, 2.24) is 4.90 Å². The molecular formula is C17H23NOS. The Bertz CT molecular complexity index is 490. The third kappa shape index (κ3) is 4.07. The number of hydrogen-bond acceptors (Lipinski definition) is 3. The molecular weight excluding hydrogens is 266 g/mol. The average molecular weight is 289 g/mol. The SMILES string of the molecule is CCN1CCS/C1=C/C=C(/C)Cc1ccc(OC)cc1. The van der Waals surface area contributed by atoms with Crippen LogP contribution in [0.5, 0.6) is 5.75 Å². The van der Waals surface area contributed by atoms with Gasteiger partial charge in [-0.05, 0) is 44.0 Å². The molecule has 0 aromatic heterocycles. The molecule has 2 rings (SSSR count). The first-order valence-electron chi connectivity index (χ1n) is 7.11. The number of benzene rings is 1. The van der Waals surface area contributed by atoms with E-state index in [-0.39, 0.29) is 0 Å². The maximum Gasteiger partial charge on any atom is 0.118 e. The van der Waals surface area contributed by atoms with E-state index in [2.05, 4.69) is 43.0 Å². The fraction of sp³-hybridized carbons (Fsp3) is 0.412. The molecule has 0 unspecified atom stereocenters. The third-order valence-electron chi connectivity index (χ3n) is 3.46. The van der Waals surface area contributed by atoms with Crippen LogP contribution in [0, 0.1) is 0 Å². The molecule has 3 heteroatoms. The van der Waals surface area contributed by atoms with Crippen molar-refractivity contribution in [3.05, 3.63) is 52.6 Å². The Hall–Kier alpha value is -1.35. The van der Waals surface area contributed by atoms with Crippen LogP contribution in [0.2, 0.25) is 0 Å². The summed E-state index contributed by atoms with van der Waals surface area (Å²) in [5, 5.41) is 1.40. The van der Waals surface area contributed by atoms with Gasteiger partial charge in [0.25, 0.3) is 0 Å². The molecule has 1 aliphatic heterocycles. The minimum Gasteiger partial charge on any atom is -0.497 e. The Morgan fingerprint density at radius 3 is 2.75 bits per heavy atom. The number of methoxy groups -OCH3 is 1. The van der Waals surface area contributed by atoms with Crippen LogP contribution in [0.25, 0.3) is 0 Å². The number of rotatable bonds is 5. The quantitative estimate of drug-likeness (QED) is 0.810. The van der Waals surface area contributed by atoms with Crippen molar-refractivity contribution in [2.24, 2.45) is 0 Å². The van der Waals surface area contributed by atoms with E-state index < -0.39 is 0 Å². The fourth-order valence-corrected chi connectivity index (χ4v) is 3.36. The Labute approximate surface area is 126 Å². The molecule has 20 heavy (non-hydrogen) atoms. The monoisotopic (exact) mass is 289 g/mol. The Kier molecular flexibility index (Phi) is 5.60. The third-order valence-corrected chi connectivity index (χ3v) is 4.53. The summed E-state index contributed by atoms with van der Waals surface area (Å²) in [5.74, 6) is 2.13. The van der Waals surface area contributed by atoms with Gasteiger partial charge in [0.2, 0.25) is 0 Å². The molecule has 0 atom stereocenters. The fourth-order valence-electron chi connectivity index (χ4n) is 2.27. The highest BCUT2D eigenvalue weighted by atomic mass is 32.2. The average Bonchev–Trinajstić information content (AvgIpc) is 2.93. The van der Waals surface area contributed by atoms with E-state index in [0.717, 1.165) is 18.7 Å². The zero-order chi connectivity index (χ0) is 14.4. The lowest BCUT2D eigenvalue weighted by molar-refractivity contribution is 0.414. The highest BCUT2D eigenvalue weighted by Crippen LogP contribution is 2.27. The summed E-state index contributed by atoms with van der Waals surface area (Å²) in [5.41, 5.74) is 2.70. The predicted molar refractivity (Wildman–Crippen MR) is 88.2 cm³/mol. The van der Waals surface area contributed by atoms with Crippen LogP contribution in [-0.4, -0.2) is 30.9 Å². The second-order valence-corrected chi connectivity index (χ2v) is 6.09. The summed E-state index contributed by atoms with van der Waals surface area (Å²) in [6.07, 6.45) is 5.51. The summed E-state index contributed by atoms with van der Waals surface area (Å²) < 4.78 is 5.18. The number of ether oxygens (including phenoxy) is 1. The van der Waals surface area contributed by atoms with E-state index >= 15 is 0 Å². The normalized spacial score (nSPS) is 17.9. The van der Waals surface area contributed by atoms with Crippen LogP contribution in [0.15, 0.2) is 47.0 Å². The lowest BCUT2D eigenvalue weighted by Gasteiger charge is -2.15. The Balaban J connectivity index is 1.98. The van der Waals surface area contributed by atoms with Gasteiger partial charge in [0, 0.05) is 18.8 Å². The first kappa shape index (κ1) is 15.0. The number of hydrogen-bond donors (Lipinski definition) is 0. The standard InChI is InChI=1S/C17H23NOS/c1-4-18-11-12-20-17(18)10-5-14(2)13-15-6-8-16(19-3)9-7-15/h5-10H,4,11-13H2,1-3H3/b14-5-,17-10+. The summed E-state index contributed by atoms with van der Waals surface area (Å²) in [6.45, 7) is 6.69. The highest BCUT2D eigenvalue weighted by molar-refractivity contribution is 8.03. The van der Waals surface area contributed by atoms with Gasteiger partial charge in [0.05, 0.1) is 12.1 Å². The van der Waals surface area contributed by atoms with Crippen LogP contribution in [-0.2, 0) is 6.42 Å². The molecule has 1 saturated heterocycles. The van der Waals surface area contributed by atoms with Gasteiger partial charge in [0.1, 0.15) is 5.75 Å². The molecule has 0 radical (unpaired) electrons. The second-order valence-electron chi connectivity index (χ2n) is 4.97. The van der Waals surface area contributed by atoms with Gasteiger partial charge >= 0.3 is 0 Å². The molecule has 1 aromatic rings. The predicted octanol–water partition coefficient (Wildman–Crippen LogP) is 4.09. The molecule has 0 N–H and O–H groups in total. The number of thioether (sulfide) groups is 1. The van der Waals surface area contributed by atoms with Crippen molar-refractivity contribution >= 4 is 11.8 Å². The summed E-state index contributed by atoms with van der Waals surface area (Å²) in [7, 11) is 1.70. The van der Waals surface area contributed by atoms with E-state index in [1.807, 2.05) is 23.9 Å². The van der Waals surface area contributed by atoms with E-state index in [1.165, 1.54) is 28.5 Å². The molecule has 1 heterocycles. The minimum absolute atomic E-state index is 0.915. The van der Waals surface area contributed by atoms with Crippen molar-refractivity contribution in [2.45, 2.75) is 20.3 Å². The van der Waals surface area contributed by atoms with Crippen LogP contribution in [0.4, 0.5) is 0 Å². The van der Waals surface area contributed by atoms with E-state index in [9.17, 15) is 0 Å². The molecule has 1 fully saturated rings. The lowest BCUT2D eigenvalue weighted by atomic mass is 10.1. The zero-order valence-electron chi connectivity index (χ0n) is 12.6. The Morgan fingerprint density at radius 2 is 2.10 bits per heavy atom. The second kappa shape index (κ2) is 7.44. The van der Waals surface area contributed by atoms with Gasteiger partial charge in [-0.25, -0.2) is 0 Å². The van der Waals surface area contributed by atoms with Gasteiger partial charge in [-0.15, -0.1) is 11.8 Å². The van der Waals surface area contributed by atoms with Gasteiger partial charge < -0.3 is 9.64 Å². The molecule has 1 aromatic carbocycles. The molecule has 1 aliphatic rings. The first-order chi connectivity index (χ1) is 9.72. The zero-order valence-corrected chi connectivity index (χ0v) is 13.4. The van der Waals surface area contributed by atoms with E-state index in [4.69, 9.17) is 4.74 Å².